The van der Waals surface area contributed by atoms with Crippen LogP contribution >= 0.6 is 0 Å². The van der Waals surface area contributed by atoms with Gasteiger partial charge in [0, 0.05) is 43.6 Å². The number of carbonyl (C=O) groups excluding carboxylic acids is 2. The maximum Gasteiger partial charge on any atom is 0.257 e. The van der Waals surface area contributed by atoms with Gasteiger partial charge in [0.05, 0.1) is 17.5 Å². The molecule has 3 aromatic carbocycles. The largest absolute Gasteiger partial charge is 0.371 e. The summed E-state index contributed by atoms with van der Waals surface area (Å²) in [5.74, 6) is -1.46. The molecule has 1 N–H and O–H groups in total. The second-order valence-corrected chi connectivity index (χ2v) is 13.0. The number of hydrogen-bond donors (Lipinski definition) is 1. The Morgan fingerprint density at radius 3 is 2.32 bits per heavy atom. The van der Waals surface area contributed by atoms with E-state index in [0.717, 1.165) is 43.1 Å². The van der Waals surface area contributed by atoms with Crippen molar-refractivity contribution in [3.8, 4) is 0 Å². The van der Waals surface area contributed by atoms with E-state index in [1.54, 1.807) is 24.0 Å². The molecule has 2 unspecified atom stereocenters. The number of nitrogens with zero attached hydrogens (tertiary/aromatic N) is 3. The van der Waals surface area contributed by atoms with E-state index in [0.29, 0.717) is 31.0 Å². The normalized spacial score (nSPS) is 22.4. The number of anilines is 2. The van der Waals surface area contributed by atoms with Gasteiger partial charge in [-0.05, 0) is 106 Å². The molecule has 3 fully saturated rings. The Balaban J connectivity index is 1.30. The van der Waals surface area contributed by atoms with E-state index in [-0.39, 0.29) is 17.4 Å². The monoisotopic (exact) mass is 596 g/mol. The number of hydrogen-bond acceptors (Lipinski definition) is 4. The van der Waals surface area contributed by atoms with Crippen molar-refractivity contribution in [1.82, 2.24) is 9.80 Å². The quantitative estimate of drug-likeness (QED) is 0.312. The van der Waals surface area contributed by atoms with Crippen LogP contribution < -0.4 is 10.2 Å². The molecule has 3 heterocycles. The third kappa shape index (κ3) is 6.25. The topological polar surface area (TPSA) is 55.9 Å². The van der Waals surface area contributed by atoms with Gasteiger partial charge in [0.15, 0.2) is 0 Å². The lowest BCUT2D eigenvalue weighted by Gasteiger charge is -2.41. The van der Waals surface area contributed by atoms with Crippen LogP contribution in [0.2, 0.25) is 0 Å². The average Bonchev–Trinajstić information content (AvgIpc) is 3.70. The Morgan fingerprint density at radius 1 is 0.864 bits per heavy atom. The van der Waals surface area contributed by atoms with Gasteiger partial charge in [-0.25, -0.2) is 4.39 Å². The predicted molar refractivity (Wildman–Crippen MR) is 174 cm³/mol. The third-order valence-electron chi connectivity index (χ3n) is 9.99. The lowest BCUT2D eigenvalue weighted by molar-refractivity contribution is -0.123. The first kappa shape index (κ1) is 30.3. The second-order valence-electron chi connectivity index (χ2n) is 13.0. The zero-order valence-electron chi connectivity index (χ0n) is 26.3. The number of likely N-dealkylation sites (tertiary alicyclic amines) is 2. The van der Waals surface area contributed by atoms with Crippen LogP contribution in [0.3, 0.4) is 0 Å². The van der Waals surface area contributed by atoms with Crippen LogP contribution in [-0.4, -0.2) is 53.8 Å². The van der Waals surface area contributed by atoms with Crippen molar-refractivity contribution in [2.75, 3.05) is 36.4 Å². The van der Waals surface area contributed by atoms with Crippen molar-refractivity contribution >= 4 is 23.2 Å². The average molecular weight is 597 g/mol. The highest BCUT2D eigenvalue weighted by Crippen LogP contribution is 2.39. The molecule has 0 aliphatic carbocycles. The number of piperidine rings is 1. The van der Waals surface area contributed by atoms with Crippen LogP contribution in [-0.2, 0) is 11.3 Å². The standard InChI is InChI=1S/C37H45FN4O2/c1-25-13-18-30(23-33(25)40-19-4-5-20-40)39-36(43)31-11-8-22-42(37(44)34-26(2)9-6-12-32(34)38)35(31)29-16-14-28(15-17-29)24-41-21-7-10-27(41)3/h6,9,12-18,23,27,31,35H,4-5,7-8,10-11,19-22,24H2,1-3H3,(H,39,43)/t27?,31?,35-/m0/s1. The first-order valence-electron chi connectivity index (χ1n) is 16.4. The smallest absolute Gasteiger partial charge is 0.257 e. The summed E-state index contributed by atoms with van der Waals surface area (Å²) >= 11 is 0. The molecular formula is C37H45FN4O2. The molecule has 3 saturated heterocycles. The van der Waals surface area contributed by atoms with E-state index in [1.165, 1.54) is 42.9 Å². The molecular weight excluding hydrogens is 551 g/mol. The zero-order valence-corrected chi connectivity index (χ0v) is 26.3. The van der Waals surface area contributed by atoms with Gasteiger partial charge in [-0.1, -0.05) is 42.5 Å². The molecule has 232 valence electrons. The summed E-state index contributed by atoms with van der Waals surface area (Å²) in [6, 6.07) is 19.3. The van der Waals surface area contributed by atoms with E-state index in [1.807, 2.05) is 6.07 Å². The molecule has 3 atom stereocenters. The van der Waals surface area contributed by atoms with Gasteiger partial charge in [-0.3, -0.25) is 14.5 Å². The molecule has 3 aliphatic heterocycles. The molecule has 0 bridgehead atoms. The van der Waals surface area contributed by atoms with Crippen LogP contribution in [0.5, 0.6) is 0 Å². The Hall–Kier alpha value is -3.71. The highest BCUT2D eigenvalue weighted by Gasteiger charge is 2.40. The molecule has 0 spiro atoms. The Bertz CT molecular complexity index is 1480. The van der Waals surface area contributed by atoms with Crippen LogP contribution in [0.1, 0.15) is 84.1 Å². The summed E-state index contributed by atoms with van der Waals surface area (Å²) in [5.41, 5.74) is 5.95. The molecule has 0 radical (unpaired) electrons. The molecule has 6 rings (SSSR count). The minimum Gasteiger partial charge on any atom is -0.371 e. The summed E-state index contributed by atoms with van der Waals surface area (Å²) in [6.45, 7) is 10.7. The number of benzene rings is 3. The van der Waals surface area contributed by atoms with Crippen LogP contribution in [0, 0.1) is 25.6 Å². The van der Waals surface area contributed by atoms with Crippen LogP contribution in [0.15, 0.2) is 60.7 Å². The highest BCUT2D eigenvalue weighted by molar-refractivity contribution is 5.98. The number of carbonyl (C=O) groups is 2. The molecule has 0 saturated carbocycles. The van der Waals surface area contributed by atoms with Gasteiger partial charge in [-0.15, -0.1) is 0 Å². The van der Waals surface area contributed by atoms with E-state index >= 15 is 4.39 Å². The second kappa shape index (κ2) is 13.1. The molecule has 3 aromatic rings. The van der Waals surface area contributed by atoms with E-state index < -0.39 is 17.8 Å². The van der Waals surface area contributed by atoms with Gasteiger partial charge in [0.25, 0.3) is 5.91 Å². The third-order valence-corrected chi connectivity index (χ3v) is 9.99. The van der Waals surface area contributed by atoms with Gasteiger partial charge in [-0.2, -0.15) is 0 Å². The summed E-state index contributed by atoms with van der Waals surface area (Å²) < 4.78 is 15.1. The number of halogens is 1. The fraction of sp³-hybridized carbons (Fsp3) is 0.459. The van der Waals surface area contributed by atoms with Crippen molar-refractivity contribution in [3.63, 3.8) is 0 Å². The summed E-state index contributed by atoms with van der Waals surface area (Å²) in [6.07, 6.45) is 6.14. The van der Waals surface area contributed by atoms with Gasteiger partial charge < -0.3 is 15.1 Å². The Morgan fingerprint density at radius 2 is 1.61 bits per heavy atom. The molecule has 3 aliphatic rings. The lowest BCUT2D eigenvalue weighted by Crippen LogP contribution is -2.46. The number of rotatable bonds is 7. The molecule has 2 amide bonds. The minimum absolute atomic E-state index is 0.0898. The first-order chi connectivity index (χ1) is 21.3. The minimum atomic E-state index is -0.524. The van der Waals surface area contributed by atoms with Gasteiger partial charge in [0.2, 0.25) is 5.91 Å². The van der Waals surface area contributed by atoms with Crippen LogP contribution in [0.4, 0.5) is 15.8 Å². The summed E-state index contributed by atoms with van der Waals surface area (Å²) in [5, 5.41) is 3.20. The van der Waals surface area contributed by atoms with E-state index in [9.17, 15) is 9.59 Å². The fourth-order valence-corrected chi connectivity index (χ4v) is 7.46. The van der Waals surface area contributed by atoms with Gasteiger partial charge >= 0.3 is 0 Å². The zero-order chi connectivity index (χ0) is 30.8. The molecule has 7 heteroatoms. The van der Waals surface area contributed by atoms with Crippen molar-refractivity contribution in [1.29, 1.82) is 0 Å². The maximum absolute atomic E-state index is 15.1. The van der Waals surface area contributed by atoms with Gasteiger partial charge in [0.1, 0.15) is 5.82 Å². The Labute approximate surface area is 261 Å². The predicted octanol–water partition coefficient (Wildman–Crippen LogP) is 7.26. The summed E-state index contributed by atoms with van der Waals surface area (Å²) in [4.78, 5) is 34.8. The summed E-state index contributed by atoms with van der Waals surface area (Å²) in [7, 11) is 0. The number of aryl methyl sites for hydroxylation is 2. The SMILES string of the molecule is Cc1ccc(NC(=O)C2CCCN(C(=O)c3c(C)cccc3F)[C@H]2c2ccc(CN3CCCC3C)cc2)cc1N1CCCC1. The lowest BCUT2D eigenvalue weighted by atomic mass is 9.83. The molecule has 0 aromatic heterocycles. The fourth-order valence-electron chi connectivity index (χ4n) is 7.46. The van der Waals surface area contributed by atoms with E-state index in [2.05, 4.69) is 65.4 Å². The first-order valence-corrected chi connectivity index (χ1v) is 16.4. The van der Waals surface area contributed by atoms with Crippen molar-refractivity contribution in [2.45, 2.75) is 77.9 Å². The van der Waals surface area contributed by atoms with Crippen LogP contribution in [0.25, 0.3) is 0 Å². The number of nitrogens with one attached hydrogen (secondary N) is 1. The molecule has 6 nitrogen and oxygen atoms in total. The highest BCUT2D eigenvalue weighted by atomic mass is 19.1. The van der Waals surface area contributed by atoms with E-state index in [4.69, 9.17) is 0 Å². The Kier molecular flexibility index (Phi) is 9.03. The maximum atomic E-state index is 15.1. The molecule has 44 heavy (non-hydrogen) atoms. The van der Waals surface area contributed by atoms with Crippen molar-refractivity contribution in [3.05, 3.63) is 94.3 Å². The number of amides is 2. The van der Waals surface area contributed by atoms with Crippen molar-refractivity contribution in [2.24, 2.45) is 5.92 Å². The van der Waals surface area contributed by atoms with Crippen molar-refractivity contribution < 1.29 is 14.0 Å².